The Morgan fingerprint density at radius 3 is 1.40 bits per heavy atom. The second-order valence-corrected chi connectivity index (χ2v) is 18.3. The van der Waals surface area contributed by atoms with Crippen molar-refractivity contribution in [3.8, 4) is 62.5 Å². The van der Waals surface area contributed by atoms with Gasteiger partial charge in [-0.1, -0.05) is 158 Å². The minimum atomic E-state index is 0.230. The maximum absolute atomic E-state index is 9.26. The maximum atomic E-state index is 9.26. The molecule has 4 aliphatic carbocycles. The standard InChI is InChI=1S/C58H44N4/c59-36-38-11-13-41(14-12-38)42-19-24-50(25-20-42)57-32-39-29-40(33-57)35-58(34-39,37-57)51-26-21-43(22-27-51)47-17-15-44-16-18-48-30-49(23-28-52(48)53(44)31-47)56-61-54(45-7-3-1-4-8-45)60-55(62-56)46-9-5-2-6-10-46/h1-28,30-31,39-40H,29,32-35,37H2. The average Bonchev–Trinajstić information content (AvgIpc) is 3.34. The van der Waals surface area contributed by atoms with E-state index in [-0.39, 0.29) is 10.8 Å². The highest BCUT2D eigenvalue weighted by Crippen LogP contribution is 2.66. The minimum Gasteiger partial charge on any atom is -0.208 e. The zero-order valence-electron chi connectivity index (χ0n) is 34.5. The Balaban J connectivity index is 0.845. The lowest BCUT2D eigenvalue weighted by atomic mass is 9.41. The topological polar surface area (TPSA) is 62.5 Å². The van der Waals surface area contributed by atoms with E-state index in [1.807, 2.05) is 72.8 Å². The van der Waals surface area contributed by atoms with Gasteiger partial charge in [-0.2, -0.15) is 5.26 Å². The molecule has 2 unspecified atom stereocenters. The van der Waals surface area contributed by atoms with E-state index < -0.39 is 0 Å². The molecule has 4 bridgehead atoms. The molecule has 9 aromatic rings. The highest BCUT2D eigenvalue weighted by Gasteiger charge is 2.58. The van der Waals surface area contributed by atoms with Crippen molar-refractivity contribution < 1.29 is 0 Å². The molecule has 0 radical (unpaired) electrons. The first-order valence-corrected chi connectivity index (χ1v) is 22.1. The first-order chi connectivity index (χ1) is 30.5. The molecule has 62 heavy (non-hydrogen) atoms. The summed E-state index contributed by atoms with van der Waals surface area (Å²) in [5, 5.41) is 14.1. The molecule has 1 aromatic heterocycles. The molecule has 0 saturated heterocycles. The Kier molecular flexibility index (Phi) is 8.54. The third-order valence-electron chi connectivity index (χ3n) is 14.5. The summed E-state index contributed by atoms with van der Waals surface area (Å²) in [5.41, 5.74) is 12.0. The zero-order chi connectivity index (χ0) is 41.3. The summed E-state index contributed by atoms with van der Waals surface area (Å²) in [6.07, 6.45) is 7.86. The zero-order valence-corrected chi connectivity index (χ0v) is 34.5. The lowest BCUT2D eigenvalue weighted by Crippen LogP contribution is -2.55. The third-order valence-corrected chi connectivity index (χ3v) is 14.5. The van der Waals surface area contributed by atoms with E-state index in [1.165, 1.54) is 82.5 Å². The van der Waals surface area contributed by atoms with Crippen LogP contribution >= 0.6 is 0 Å². The molecule has 8 aromatic carbocycles. The fourth-order valence-corrected chi connectivity index (χ4v) is 12.0. The van der Waals surface area contributed by atoms with Gasteiger partial charge in [0.1, 0.15) is 0 Å². The van der Waals surface area contributed by atoms with Crippen molar-refractivity contribution in [2.75, 3.05) is 0 Å². The van der Waals surface area contributed by atoms with Gasteiger partial charge >= 0.3 is 0 Å². The predicted octanol–water partition coefficient (Wildman–Crippen LogP) is 14.2. The summed E-state index contributed by atoms with van der Waals surface area (Å²) in [5.74, 6) is 3.56. The summed E-state index contributed by atoms with van der Waals surface area (Å²) in [4.78, 5) is 14.9. The van der Waals surface area contributed by atoms with Crippen LogP contribution in [0.3, 0.4) is 0 Å². The number of fused-ring (bicyclic) bond motifs is 3. The van der Waals surface area contributed by atoms with E-state index in [9.17, 15) is 5.26 Å². The van der Waals surface area contributed by atoms with Crippen molar-refractivity contribution in [1.82, 2.24) is 15.0 Å². The number of rotatable bonds is 7. The molecule has 0 spiro atoms. The monoisotopic (exact) mass is 796 g/mol. The van der Waals surface area contributed by atoms with E-state index in [1.54, 1.807) is 0 Å². The van der Waals surface area contributed by atoms with Gasteiger partial charge in [0.05, 0.1) is 11.6 Å². The largest absolute Gasteiger partial charge is 0.208 e. The van der Waals surface area contributed by atoms with Gasteiger partial charge in [0.25, 0.3) is 0 Å². The van der Waals surface area contributed by atoms with Crippen molar-refractivity contribution >= 4 is 21.5 Å². The van der Waals surface area contributed by atoms with Crippen molar-refractivity contribution in [1.29, 1.82) is 5.26 Å². The summed E-state index contributed by atoms with van der Waals surface area (Å²) in [6.45, 7) is 0. The first-order valence-electron chi connectivity index (χ1n) is 22.1. The van der Waals surface area contributed by atoms with E-state index >= 15 is 0 Å². The van der Waals surface area contributed by atoms with Gasteiger partial charge in [-0.05, 0) is 140 Å². The van der Waals surface area contributed by atoms with Gasteiger partial charge in [0.2, 0.25) is 0 Å². The summed E-state index contributed by atoms with van der Waals surface area (Å²) in [7, 11) is 0. The van der Waals surface area contributed by atoms with Gasteiger partial charge in [-0.25, -0.2) is 15.0 Å². The van der Waals surface area contributed by atoms with E-state index in [4.69, 9.17) is 15.0 Å². The quantitative estimate of drug-likeness (QED) is 0.151. The molecule has 1 heterocycles. The lowest BCUT2D eigenvalue weighted by molar-refractivity contribution is -0.0281. The van der Waals surface area contributed by atoms with Gasteiger partial charge in [0, 0.05) is 16.7 Å². The van der Waals surface area contributed by atoms with E-state index in [0.717, 1.165) is 39.5 Å². The molecule has 13 rings (SSSR count). The Labute approximate surface area is 362 Å². The highest BCUT2D eigenvalue weighted by molar-refractivity contribution is 6.09. The number of hydrogen-bond acceptors (Lipinski definition) is 4. The van der Waals surface area contributed by atoms with Gasteiger partial charge in [-0.15, -0.1) is 0 Å². The van der Waals surface area contributed by atoms with Crippen LogP contribution in [0.25, 0.3) is 78.0 Å². The number of aromatic nitrogens is 3. The molecule has 4 fully saturated rings. The van der Waals surface area contributed by atoms with Crippen LogP contribution in [0.5, 0.6) is 0 Å². The lowest BCUT2D eigenvalue weighted by Gasteiger charge is -2.63. The second-order valence-electron chi connectivity index (χ2n) is 18.3. The molecular weight excluding hydrogens is 753 g/mol. The Morgan fingerprint density at radius 2 is 0.855 bits per heavy atom. The molecule has 0 amide bonds. The molecule has 0 N–H and O–H groups in total. The van der Waals surface area contributed by atoms with Crippen LogP contribution < -0.4 is 0 Å². The molecule has 296 valence electrons. The van der Waals surface area contributed by atoms with E-state index in [0.29, 0.717) is 23.0 Å². The summed E-state index contributed by atoms with van der Waals surface area (Å²) < 4.78 is 0. The van der Waals surface area contributed by atoms with Crippen molar-refractivity contribution in [2.24, 2.45) is 11.8 Å². The Hall–Kier alpha value is -7.22. The molecule has 2 atom stereocenters. The molecule has 4 saturated carbocycles. The normalized spacial score (nSPS) is 21.3. The van der Waals surface area contributed by atoms with Gasteiger partial charge in [-0.3, -0.25) is 0 Å². The smallest absolute Gasteiger partial charge is 0.164 e. The molecule has 4 aliphatic rings. The number of nitriles is 1. The van der Waals surface area contributed by atoms with E-state index in [2.05, 4.69) is 115 Å². The van der Waals surface area contributed by atoms with Gasteiger partial charge in [0.15, 0.2) is 17.5 Å². The summed E-state index contributed by atoms with van der Waals surface area (Å²) >= 11 is 0. The minimum absolute atomic E-state index is 0.230. The molecular formula is C58H44N4. The first kappa shape index (κ1) is 36.6. The second kappa shape index (κ2) is 14.5. The fraction of sp³-hybridized carbons (Fsp3) is 0.172. The van der Waals surface area contributed by atoms with Crippen molar-refractivity contribution in [2.45, 2.75) is 49.4 Å². The molecule has 0 aliphatic heterocycles. The van der Waals surface area contributed by atoms with Crippen molar-refractivity contribution in [3.05, 3.63) is 199 Å². The molecule has 4 heteroatoms. The van der Waals surface area contributed by atoms with Crippen LogP contribution in [-0.2, 0) is 10.8 Å². The van der Waals surface area contributed by atoms with Crippen LogP contribution in [0.1, 0.15) is 55.2 Å². The Morgan fingerprint density at radius 1 is 0.403 bits per heavy atom. The number of hydrogen-bond donors (Lipinski definition) is 0. The van der Waals surface area contributed by atoms with Crippen LogP contribution in [0, 0.1) is 23.2 Å². The van der Waals surface area contributed by atoms with Gasteiger partial charge < -0.3 is 0 Å². The third kappa shape index (κ3) is 6.31. The number of nitrogens with zero attached hydrogens (tertiary/aromatic N) is 4. The van der Waals surface area contributed by atoms with Crippen LogP contribution in [-0.4, -0.2) is 15.0 Å². The van der Waals surface area contributed by atoms with Crippen LogP contribution in [0.4, 0.5) is 0 Å². The summed E-state index contributed by atoms with van der Waals surface area (Å²) in [6, 6.07) is 67.6. The van der Waals surface area contributed by atoms with Crippen LogP contribution in [0.15, 0.2) is 182 Å². The number of benzene rings is 8. The molecule has 4 nitrogen and oxygen atoms in total. The van der Waals surface area contributed by atoms with Crippen LogP contribution in [0.2, 0.25) is 0 Å². The Bertz CT molecular complexity index is 3110. The maximum Gasteiger partial charge on any atom is 0.164 e. The average molecular weight is 797 g/mol. The SMILES string of the molecule is N#Cc1ccc(-c2ccc(C34CC5CC(C3)CC(c3ccc(-c6ccc7ccc8cc(-c9nc(-c%10ccccc%10)nc(-c%10ccccc%10)n9)ccc8c7c6)cc3)(C5)C4)cc2)cc1. The highest BCUT2D eigenvalue weighted by atomic mass is 15.0. The fourth-order valence-electron chi connectivity index (χ4n) is 12.0. The predicted molar refractivity (Wildman–Crippen MR) is 251 cm³/mol. The van der Waals surface area contributed by atoms with Crippen molar-refractivity contribution in [3.63, 3.8) is 0 Å².